The maximum Gasteiger partial charge on any atom is 0.0728 e. The van der Waals surface area contributed by atoms with Crippen LogP contribution in [0.5, 0.6) is 0 Å². The number of hydrogen-bond acceptors (Lipinski definition) is 2. The first-order valence-electron chi connectivity index (χ1n) is 6.91. The third-order valence-corrected chi connectivity index (χ3v) is 3.75. The minimum absolute atomic E-state index is 0.194. The van der Waals surface area contributed by atoms with Crippen LogP contribution in [0.4, 0.5) is 0 Å². The molecule has 108 valence electrons. The van der Waals surface area contributed by atoms with E-state index in [-0.39, 0.29) is 12.1 Å². The van der Waals surface area contributed by atoms with Crippen LogP contribution in [0.15, 0.2) is 18.2 Å². The molecule has 1 N–H and O–H groups in total. The Hall–Kier alpha value is -0.280. The van der Waals surface area contributed by atoms with Crippen LogP contribution in [0, 0.1) is 0 Å². The summed E-state index contributed by atoms with van der Waals surface area (Å²) in [6.45, 7) is 7.91. The fraction of sp³-hybridized carbons (Fsp3) is 0.600. The minimum atomic E-state index is 0.194. The van der Waals surface area contributed by atoms with Crippen molar-refractivity contribution in [3.05, 3.63) is 33.8 Å². The van der Waals surface area contributed by atoms with Crippen molar-refractivity contribution in [1.82, 2.24) is 5.32 Å². The van der Waals surface area contributed by atoms with E-state index in [2.05, 4.69) is 19.2 Å². The van der Waals surface area contributed by atoms with Crippen LogP contribution >= 0.6 is 23.2 Å². The van der Waals surface area contributed by atoms with Gasteiger partial charge in [-0.15, -0.1) is 0 Å². The van der Waals surface area contributed by atoms with E-state index in [1.54, 1.807) is 0 Å². The van der Waals surface area contributed by atoms with Crippen molar-refractivity contribution in [3.8, 4) is 0 Å². The second kappa shape index (κ2) is 8.80. The Morgan fingerprint density at radius 2 is 1.95 bits per heavy atom. The smallest absolute Gasteiger partial charge is 0.0728 e. The molecule has 0 aromatic heterocycles. The number of halogens is 2. The molecule has 1 aromatic carbocycles. The van der Waals surface area contributed by atoms with E-state index in [0.29, 0.717) is 0 Å². The summed E-state index contributed by atoms with van der Waals surface area (Å²) in [6.07, 6.45) is 2.00. The van der Waals surface area contributed by atoms with Gasteiger partial charge in [-0.25, -0.2) is 0 Å². The van der Waals surface area contributed by atoms with Crippen molar-refractivity contribution in [2.24, 2.45) is 0 Å². The lowest BCUT2D eigenvalue weighted by atomic mass is 9.99. The largest absolute Gasteiger partial charge is 0.377 e. The van der Waals surface area contributed by atoms with Crippen molar-refractivity contribution >= 4 is 23.2 Å². The molecule has 0 aliphatic heterocycles. The topological polar surface area (TPSA) is 21.3 Å². The van der Waals surface area contributed by atoms with Crippen LogP contribution in [-0.2, 0) is 11.2 Å². The standard InChI is InChI=1S/C15H23Cl2NO/c1-4-15(19-6-3)14(18-5-2)10-11-9-12(16)7-8-13(11)17/h7-9,14-15,18H,4-6,10H2,1-3H3. The maximum atomic E-state index is 6.24. The molecule has 0 fully saturated rings. The van der Waals surface area contributed by atoms with Crippen LogP contribution in [-0.4, -0.2) is 25.3 Å². The van der Waals surface area contributed by atoms with Crippen LogP contribution in [0.2, 0.25) is 10.0 Å². The van der Waals surface area contributed by atoms with Gasteiger partial charge in [0.2, 0.25) is 0 Å². The van der Waals surface area contributed by atoms with Gasteiger partial charge in [0.05, 0.1) is 6.10 Å². The molecule has 2 unspecified atom stereocenters. The summed E-state index contributed by atoms with van der Waals surface area (Å²) >= 11 is 12.3. The summed E-state index contributed by atoms with van der Waals surface area (Å²) in [7, 11) is 0. The monoisotopic (exact) mass is 303 g/mol. The molecule has 0 aliphatic rings. The predicted molar refractivity (Wildman–Crippen MR) is 83.3 cm³/mol. The van der Waals surface area contributed by atoms with Crippen molar-refractivity contribution in [2.75, 3.05) is 13.2 Å². The Morgan fingerprint density at radius 1 is 1.21 bits per heavy atom. The highest BCUT2D eigenvalue weighted by Gasteiger charge is 2.20. The van der Waals surface area contributed by atoms with Gasteiger partial charge in [-0.3, -0.25) is 0 Å². The zero-order valence-corrected chi connectivity index (χ0v) is 13.4. The molecule has 0 bridgehead atoms. The highest BCUT2D eigenvalue weighted by atomic mass is 35.5. The van der Waals surface area contributed by atoms with Crippen molar-refractivity contribution in [2.45, 2.75) is 45.8 Å². The minimum Gasteiger partial charge on any atom is -0.377 e. The molecule has 0 saturated carbocycles. The Morgan fingerprint density at radius 3 is 2.53 bits per heavy atom. The Balaban J connectivity index is 2.84. The summed E-state index contributed by atoms with van der Waals surface area (Å²) in [5.41, 5.74) is 1.07. The SMILES string of the molecule is CCNC(Cc1cc(Cl)ccc1Cl)C(CC)OCC. The summed E-state index contributed by atoms with van der Waals surface area (Å²) in [6, 6.07) is 5.86. The molecule has 4 heteroatoms. The van der Waals surface area contributed by atoms with Gasteiger partial charge >= 0.3 is 0 Å². The van der Waals surface area contributed by atoms with E-state index >= 15 is 0 Å². The highest BCUT2D eigenvalue weighted by molar-refractivity contribution is 6.33. The number of hydrogen-bond donors (Lipinski definition) is 1. The first-order chi connectivity index (χ1) is 9.12. The number of benzene rings is 1. The molecule has 0 aliphatic carbocycles. The number of ether oxygens (including phenoxy) is 1. The molecule has 2 nitrogen and oxygen atoms in total. The van der Waals surface area contributed by atoms with E-state index in [1.807, 2.05) is 25.1 Å². The second-order valence-corrected chi connectivity index (χ2v) is 5.35. The molecule has 0 heterocycles. The van der Waals surface area contributed by atoms with E-state index < -0.39 is 0 Å². The Bertz CT molecular complexity index is 384. The van der Waals surface area contributed by atoms with Gasteiger partial charge in [-0.1, -0.05) is 37.0 Å². The van der Waals surface area contributed by atoms with Gasteiger partial charge in [0, 0.05) is 22.7 Å². The quantitative estimate of drug-likeness (QED) is 0.772. The van der Waals surface area contributed by atoms with Crippen LogP contribution in [0.25, 0.3) is 0 Å². The predicted octanol–water partition coefficient (Wildman–Crippen LogP) is 4.33. The van der Waals surface area contributed by atoms with E-state index in [1.165, 1.54) is 0 Å². The molecule has 0 saturated heterocycles. The number of likely N-dealkylation sites (N-methyl/N-ethyl adjacent to an activating group) is 1. The molecule has 1 rings (SSSR count). The van der Waals surface area contributed by atoms with Gasteiger partial charge < -0.3 is 10.1 Å². The van der Waals surface area contributed by atoms with E-state index in [0.717, 1.165) is 41.6 Å². The van der Waals surface area contributed by atoms with E-state index in [9.17, 15) is 0 Å². The van der Waals surface area contributed by atoms with Crippen molar-refractivity contribution in [3.63, 3.8) is 0 Å². The van der Waals surface area contributed by atoms with Gasteiger partial charge in [-0.05, 0) is 50.1 Å². The molecule has 0 amide bonds. The van der Waals surface area contributed by atoms with E-state index in [4.69, 9.17) is 27.9 Å². The second-order valence-electron chi connectivity index (χ2n) is 4.51. The molecule has 0 radical (unpaired) electrons. The average Bonchev–Trinajstić information content (AvgIpc) is 2.39. The first-order valence-corrected chi connectivity index (χ1v) is 7.66. The molecule has 19 heavy (non-hydrogen) atoms. The van der Waals surface area contributed by atoms with Gasteiger partial charge in [0.25, 0.3) is 0 Å². The van der Waals surface area contributed by atoms with Crippen LogP contribution in [0.1, 0.15) is 32.8 Å². The molecular formula is C15H23Cl2NO. The maximum absolute atomic E-state index is 6.24. The summed E-state index contributed by atoms with van der Waals surface area (Å²) < 4.78 is 5.81. The zero-order valence-electron chi connectivity index (χ0n) is 11.9. The normalized spacial score (nSPS) is 14.4. The first kappa shape index (κ1) is 16.8. The zero-order chi connectivity index (χ0) is 14.3. The van der Waals surface area contributed by atoms with Crippen molar-refractivity contribution < 1.29 is 4.74 Å². The Labute approximate surface area is 126 Å². The number of nitrogens with one attached hydrogen (secondary N) is 1. The van der Waals surface area contributed by atoms with Crippen LogP contribution < -0.4 is 5.32 Å². The van der Waals surface area contributed by atoms with Gasteiger partial charge in [0.15, 0.2) is 0 Å². The lowest BCUT2D eigenvalue weighted by Crippen LogP contribution is -2.42. The lowest BCUT2D eigenvalue weighted by molar-refractivity contribution is 0.0323. The number of rotatable bonds is 8. The molecule has 2 atom stereocenters. The Kier molecular flexibility index (Phi) is 7.77. The third kappa shape index (κ3) is 5.31. The molecule has 1 aromatic rings. The fourth-order valence-electron chi connectivity index (χ4n) is 2.27. The highest BCUT2D eigenvalue weighted by Crippen LogP contribution is 2.23. The third-order valence-electron chi connectivity index (χ3n) is 3.15. The summed E-state index contributed by atoms with van der Waals surface area (Å²) in [5, 5.41) is 4.97. The van der Waals surface area contributed by atoms with Crippen molar-refractivity contribution in [1.29, 1.82) is 0 Å². The molecular weight excluding hydrogens is 281 g/mol. The van der Waals surface area contributed by atoms with Gasteiger partial charge in [0.1, 0.15) is 0 Å². The fourth-order valence-corrected chi connectivity index (χ4v) is 2.66. The molecule has 0 spiro atoms. The summed E-state index contributed by atoms with van der Waals surface area (Å²) in [5.74, 6) is 0. The lowest BCUT2D eigenvalue weighted by Gasteiger charge is -2.27. The van der Waals surface area contributed by atoms with Crippen LogP contribution in [0.3, 0.4) is 0 Å². The summed E-state index contributed by atoms with van der Waals surface area (Å²) in [4.78, 5) is 0. The van der Waals surface area contributed by atoms with Gasteiger partial charge in [-0.2, -0.15) is 0 Å². The average molecular weight is 304 g/mol.